The molecule has 0 aliphatic rings. The van der Waals surface area contributed by atoms with Crippen molar-refractivity contribution in [3.8, 4) is 0 Å². The number of aliphatic hydroxyl groups is 1. The monoisotopic (exact) mass is 776 g/mol. The van der Waals surface area contributed by atoms with Crippen LogP contribution in [0.3, 0.4) is 0 Å². The van der Waals surface area contributed by atoms with E-state index in [1.807, 2.05) is 27.2 Å². The molecule has 0 aromatic rings. The first-order chi connectivity index (χ1) is 26.0. The highest BCUT2D eigenvalue weighted by molar-refractivity contribution is 7.47. The Morgan fingerprint density at radius 1 is 0.648 bits per heavy atom. The fourth-order valence-electron chi connectivity index (χ4n) is 5.28. The molecule has 9 heteroatoms. The number of phosphoric acid groups is 1. The van der Waals surface area contributed by atoms with Crippen molar-refractivity contribution < 1.29 is 32.9 Å². The van der Waals surface area contributed by atoms with Crippen molar-refractivity contribution in [2.45, 2.75) is 154 Å². The molecule has 0 radical (unpaired) electrons. The van der Waals surface area contributed by atoms with Gasteiger partial charge in [0.25, 0.3) is 0 Å². The molecule has 0 aliphatic carbocycles. The lowest BCUT2D eigenvalue weighted by Crippen LogP contribution is -2.45. The van der Waals surface area contributed by atoms with Gasteiger partial charge in [0.15, 0.2) is 0 Å². The number of hydrogen-bond donors (Lipinski definition) is 3. The van der Waals surface area contributed by atoms with Crippen LogP contribution in [0.25, 0.3) is 0 Å². The number of phosphoric ester groups is 1. The highest BCUT2D eigenvalue weighted by Gasteiger charge is 2.27. The first-order valence-corrected chi connectivity index (χ1v) is 22.5. The van der Waals surface area contributed by atoms with Crippen LogP contribution in [0.15, 0.2) is 85.1 Å². The molecule has 8 nitrogen and oxygen atoms in total. The van der Waals surface area contributed by atoms with E-state index in [2.05, 4.69) is 92.1 Å². The molecule has 0 aromatic heterocycles. The molecule has 0 aliphatic heterocycles. The lowest BCUT2D eigenvalue weighted by Gasteiger charge is -2.25. The van der Waals surface area contributed by atoms with Crippen molar-refractivity contribution in [1.82, 2.24) is 5.32 Å². The molecule has 1 amide bonds. The molecular weight excluding hydrogens is 695 g/mol. The third kappa shape index (κ3) is 38.0. The Bertz CT molecular complexity index is 1150. The minimum absolute atomic E-state index is 0.0509. The second-order valence-electron chi connectivity index (χ2n) is 15.0. The summed E-state index contributed by atoms with van der Waals surface area (Å²) in [5.41, 5.74) is 0. The molecule has 0 spiro atoms. The molecule has 54 heavy (non-hydrogen) atoms. The van der Waals surface area contributed by atoms with Gasteiger partial charge in [-0.3, -0.25) is 13.8 Å². The minimum Gasteiger partial charge on any atom is -0.387 e. The number of nitrogens with one attached hydrogen (secondary N) is 1. The average Bonchev–Trinajstić information content (AvgIpc) is 3.12. The first kappa shape index (κ1) is 51.7. The van der Waals surface area contributed by atoms with E-state index in [9.17, 15) is 19.4 Å². The van der Waals surface area contributed by atoms with Gasteiger partial charge in [0.2, 0.25) is 5.91 Å². The van der Waals surface area contributed by atoms with Gasteiger partial charge >= 0.3 is 7.82 Å². The van der Waals surface area contributed by atoms with Gasteiger partial charge in [-0.05, 0) is 70.6 Å². The van der Waals surface area contributed by atoms with Crippen LogP contribution in [0.2, 0.25) is 0 Å². The zero-order chi connectivity index (χ0) is 40.0. The number of amides is 1. The van der Waals surface area contributed by atoms with Crippen LogP contribution in [-0.4, -0.2) is 73.4 Å². The van der Waals surface area contributed by atoms with Crippen molar-refractivity contribution in [2.24, 2.45) is 0 Å². The first-order valence-electron chi connectivity index (χ1n) is 21.0. The van der Waals surface area contributed by atoms with E-state index in [-0.39, 0.29) is 19.1 Å². The third-order valence-corrected chi connectivity index (χ3v) is 9.61. The summed E-state index contributed by atoms with van der Waals surface area (Å²) in [5.74, 6) is -0.209. The SMILES string of the molecule is CC/C=C\C/C=C\C/C=C\C/C=C\C/C=C\C/C=C\CCCCCCC(=O)NC(COP(=O)(O)OCC[N+](C)(C)C)C(O)/C=C/CCCCCCCCC. The van der Waals surface area contributed by atoms with Crippen molar-refractivity contribution in [2.75, 3.05) is 40.9 Å². The van der Waals surface area contributed by atoms with Crippen LogP contribution < -0.4 is 5.32 Å². The van der Waals surface area contributed by atoms with Crippen LogP contribution in [0.4, 0.5) is 0 Å². The summed E-state index contributed by atoms with van der Waals surface area (Å²) in [6.45, 7) is 4.61. The molecule has 0 aromatic carbocycles. The number of allylic oxidation sites excluding steroid dienone is 13. The Morgan fingerprint density at radius 2 is 1.11 bits per heavy atom. The maximum atomic E-state index is 12.8. The minimum atomic E-state index is -4.34. The summed E-state index contributed by atoms with van der Waals surface area (Å²) in [6.07, 6.45) is 49.4. The maximum absolute atomic E-state index is 12.8. The highest BCUT2D eigenvalue weighted by Crippen LogP contribution is 2.43. The summed E-state index contributed by atoms with van der Waals surface area (Å²) in [4.78, 5) is 23.0. The van der Waals surface area contributed by atoms with E-state index >= 15 is 0 Å². The van der Waals surface area contributed by atoms with E-state index in [1.54, 1.807) is 6.08 Å². The molecule has 0 rings (SSSR count). The standard InChI is InChI=1S/C45H79N2O6P/c1-6-8-10-12-14-16-17-18-19-20-21-22-23-24-25-26-27-28-29-31-33-35-37-39-45(49)46-43(42-53-54(50,51)52-41-40-47(3,4)5)44(48)38-36-34-32-30-15-13-11-9-7-2/h8,10,14,16,18-19,21-22,24-25,27-28,36,38,43-44,48H,6-7,9,11-13,15,17,20,23,26,29-35,37,39-42H2,1-5H3,(H-,46,49,50,51)/p+1/b10-8-,16-14-,19-18-,22-21-,25-24-,28-27-,38-36+. The molecule has 310 valence electrons. The molecule has 3 atom stereocenters. The molecular formula is C45H80N2O6P+. The zero-order valence-electron chi connectivity index (χ0n) is 34.9. The number of unbranched alkanes of at least 4 members (excludes halogenated alkanes) is 11. The van der Waals surface area contributed by atoms with Gasteiger partial charge in [0.05, 0.1) is 39.9 Å². The van der Waals surface area contributed by atoms with Crippen molar-refractivity contribution in [1.29, 1.82) is 0 Å². The fraction of sp³-hybridized carbons (Fsp3) is 0.667. The smallest absolute Gasteiger partial charge is 0.387 e. The normalized spacial score (nSPS) is 15.3. The van der Waals surface area contributed by atoms with Gasteiger partial charge in [-0.25, -0.2) is 4.57 Å². The van der Waals surface area contributed by atoms with Gasteiger partial charge in [-0.2, -0.15) is 0 Å². The largest absolute Gasteiger partial charge is 0.472 e. The summed E-state index contributed by atoms with van der Waals surface area (Å²) in [6, 6.07) is -0.863. The molecule has 0 fully saturated rings. The van der Waals surface area contributed by atoms with Gasteiger partial charge in [0.1, 0.15) is 13.2 Å². The molecule has 0 saturated carbocycles. The van der Waals surface area contributed by atoms with E-state index in [0.29, 0.717) is 17.4 Å². The van der Waals surface area contributed by atoms with Crippen LogP contribution in [0.1, 0.15) is 142 Å². The van der Waals surface area contributed by atoms with E-state index in [0.717, 1.165) is 89.9 Å². The average molecular weight is 776 g/mol. The van der Waals surface area contributed by atoms with Gasteiger partial charge in [-0.1, -0.05) is 150 Å². The zero-order valence-corrected chi connectivity index (χ0v) is 35.8. The number of nitrogens with zero attached hydrogens (tertiary/aromatic N) is 1. The highest BCUT2D eigenvalue weighted by atomic mass is 31.2. The molecule has 0 bridgehead atoms. The molecule has 3 N–H and O–H groups in total. The summed E-state index contributed by atoms with van der Waals surface area (Å²) < 4.78 is 23.4. The number of quaternary nitrogens is 1. The van der Waals surface area contributed by atoms with Gasteiger partial charge in [0, 0.05) is 6.42 Å². The van der Waals surface area contributed by atoms with Gasteiger partial charge in [-0.15, -0.1) is 0 Å². The molecule has 0 heterocycles. The lowest BCUT2D eigenvalue weighted by molar-refractivity contribution is -0.870. The van der Waals surface area contributed by atoms with E-state index in [4.69, 9.17) is 9.05 Å². The Balaban J connectivity index is 4.41. The van der Waals surface area contributed by atoms with Crippen LogP contribution in [0.5, 0.6) is 0 Å². The number of carbonyl (C=O) groups is 1. The second-order valence-corrected chi connectivity index (χ2v) is 16.4. The van der Waals surface area contributed by atoms with Crippen molar-refractivity contribution >= 4 is 13.7 Å². The number of likely N-dealkylation sites (N-methyl/N-ethyl adjacent to an activating group) is 1. The van der Waals surface area contributed by atoms with Crippen LogP contribution in [0, 0.1) is 0 Å². The van der Waals surface area contributed by atoms with Crippen LogP contribution in [-0.2, 0) is 18.4 Å². The predicted molar refractivity (Wildman–Crippen MR) is 230 cm³/mol. The fourth-order valence-corrected chi connectivity index (χ4v) is 6.01. The Kier molecular flexibility index (Phi) is 34.8. The topological polar surface area (TPSA) is 105 Å². The van der Waals surface area contributed by atoms with Gasteiger partial charge < -0.3 is 19.8 Å². The number of rotatable bonds is 36. The molecule has 3 unspecified atom stereocenters. The van der Waals surface area contributed by atoms with Crippen molar-refractivity contribution in [3.05, 3.63) is 85.1 Å². The molecule has 0 saturated heterocycles. The quantitative estimate of drug-likeness (QED) is 0.0253. The second kappa shape index (κ2) is 36.3. The van der Waals surface area contributed by atoms with Crippen molar-refractivity contribution in [3.63, 3.8) is 0 Å². The summed E-state index contributed by atoms with van der Waals surface area (Å²) >= 11 is 0. The number of carbonyl (C=O) groups excluding carboxylic acids is 1. The summed E-state index contributed by atoms with van der Waals surface area (Å²) in [5, 5.41) is 13.7. The Hall–Kier alpha value is -2.32. The Labute approximate surface area is 331 Å². The summed E-state index contributed by atoms with van der Waals surface area (Å²) in [7, 11) is 1.53. The van der Waals surface area contributed by atoms with Crippen LogP contribution >= 0.6 is 7.82 Å². The lowest BCUT2D eigenvalue weighted by atomic mass is 10.1. The third-order valence-electron chi connectivity index (χ3n) is 8.62. The number of aliphatic hydroxyl groups excluding tert-OH is 1. The maximum Gasteiger partial charge on any atom is 0.472 e. The Morgan fingerprint density at radius 3 is 1.63 bits per heavy atom. The van der Waals surface area contributed by atoms with E-state index < -0.39 is 20.0 Å². The number of hydrogen-bond acceptors (Lipinski definition) is 5. The predicted octanol–water partition coefficient (Wildman–Crippen LogP) is 11.4. The van der Waals surface area contributed by atoms with E-state index in [1.165, 1.54) is 32.1 Å².